The molecule has 0 saturated carbocycles. The average molecular weight is 281 g/mol. The van der Waals surface area contributed by atoms with Gasteiger partial charge < -0.3 is 0 Å². The van der Waals surface area contributed by atoms with Gasteiger partial charge in [0.25, 0.3) is 0 Å². The van der Waals surface area contributed by atoms with Crippen molar-refractivity contribution in [3.63, 3.8) is 0 Å². The molecule has 2 rings (SSSR count). The molecule has 0 N–H and O–H groups in total. The van der Waals surface area contributed by atoms with Crippen molar-refractivity contribution in [3.8, 4) is 10.6 Å². The molecule has 1 aromatic carbocycles. The maximum Gasteiger partial charge on any atom is 0.148 e. The van der Waals surface area contributed by atoms with Crippen LogP contribution in [0.5, 0.6) is 0 Å². The third kappa shape index (κ3) is 2.73. The minimum Gasteiger partial charge on any atom is -0.142 e. The van der Waals surface area contributed by atoms with Crippen molar-refractivity contribution < 1.29 is 0 Å². The van der Waals surface area contributed by atoms with Gasteiger partial charge in [0.2, 0.25) is 0 Å². The van der Waals surface area contributed by atoms with Crippen LogP contribution in [0.4, 0.5) is 0 Å². The van der Waals surface area contributed by atoms with Gasteiger partial charge in [0.15, 0.2) is 0 Å². The lowest BCUT2D eigenvalue weighted by atomic mass is 9.84. The molecule has 0 amide bonds. The van der Waals surface area contributed by atoms with Crippen LogP contribution in [0.25, 0.3) is 10.6 Å². The van der Waals surface area contributed by atoms with Crippen LogP contribution in [-0.2, 0) is 5.41 Å². The molecule has 2 nitrogen and oxygen atoms in total. The quantitative estimate of drug-likeness (QED) is 0.738. The third-order valence-electron chi connectivity index (χ3n) is 2.75. The van der Waals surface area contributed by atoms with Crippen molar-refractivity contribution in [1.82, 2.24) is 10.2 Å². The Morgan fingerprint density at radius 1 is 1.17 bits per heavy atom. The molecule has 0 radical (unpaired) electrons. The molecule has 18 heavy (non-hydrogen) atoms. The van der Waals surface area contributed by atoms with Crippen LogP contribution in [0.1, 0.15) is 43.6 Å². The maximum absolute atomic E-state index is 6.04. The summed E-state index contributed by atoms with van der Waals surface area (Å²) in [6.07, 6.45) is 0. The van der Waals surface area contributed by atoms with Crippen molar-refractivity contribution in [1.29, 1.82) is 0 Å². The first-order valence-corrected chi connectivity index (χ1v) is 7.22. The van der Waals surface area contributed by atoms with Crippen molar-refractivity contribution in [3.05, 3.63) is 34.8 Å². The van der Waals surface area contributed by atoms with Gasteiger partial charge in [0.1, 0.15) is 10.0 Å². The Balaban J connectivity index is 2.50. The molecule has 0 bridgehead atoms. The predicted octanol–water partition coefficient (Wildman–Crippen LogP) is 4.80. The number of halogens is 1. The molecule has 1 aromatic heterocycles. The van der Waals surface area contributed by atoms with Crippen molar-refractivity contribution in [2.75, 3.05) is 0 Å². The lowest BCUT2D eigenvalue weighted by Gasteiger charge is -2.21. The topological polar surface area (TPSA) is 25.8 Å². The number of aromatic nitrogens is 2. The molecule has 1 heterocycles. The predicted molar refractivity (Wildman–Crippen MR) is 78.3 cm³/mol. The Hall–Kier alpha value is -0.930. The number of rotatable bonds is 2. The van der Waals surface area contributed by atoms with Crippen molar-refractivity contribution in [2.24, 2.45) is 0 Å². The average Bonchev–Trinajstić information content (AvgIpc) is 2.77. The van der Waals surface area contributed by atoms with E-state index in [0.717, 1.165) is 15.6 Å². The first-order valence-electron chi connectivity index (χ1n) is 5.97. The molecule has 2 aromatic rings. The fraction of sp³-hybridized carbons (Fsp3) is 0.429. The van der Waals surface area contributed by atoms with Gasteiger partial charge in [-0.1, -0.05) is 56.4 Å². The number of alkyl halides is 1. The van der Waals surface area contributed by atoms with Gasteiger partial charge in [-0.15, -0.1) is 21.8 Å². The summed E-state index contributed by atoms with van der Waals surface area (Å²) in [5.74, 6) is 0. The summed E-state index contributed by atoms with van der Waals surface area (Å²) in [5.41, 5.74) is 2.54. The zero-order chi connectivity index (χ0) is 13.3. The van der Waals surface area contributed by atoms with Crippen LogP contribution >= 0.6 is 22.9 Å². The number of benzene rings is 1. The normalized spacial score (nSPS) is 13.6. The Bertz CT molecular complexity index is 541. The Morgan fingerprint density at radius 2 is 1.83 bits per heavy atom. The first kappa shape index (κ1) is 13.5. The second-order valence-electron chi connectivity index (χ2n) is 5.36. The van der Waals surface area contributed by atoms with Gasteiger partial charge in [-0.05, 0) is 17.9 Å². The zero-order valence-electron chi connectivity index (χ0n) is 11.1. The summed E-state index contributed by atoms with van der Waals surface area (Å²) in [7, 11) is 0. The van der Waals surface area contributed by atoms with Gasteiger partial charge in [0.05, 0.1) is 5.38 Å². The molecule has 4 heteroatoms. The van der Waals surface area contributed by atoms with Gasteiger partial charge in [-0.2, -0.15) is 0 Å². The van der Waals surface area contributed by atoms with E-state index in [1.165, 1.54) is 5.56 Å². The molecule has 1 unspecified atom stereocenters. The smallest absolute Gasteiger partial charge is 0.142 e. The number of nitrogens with zero attached hydrogens (tertiary/aromatic N) is 2. The van der Waals surface area contributed by atoms with Gasteiger partial charge in [-0.3, -0.25) is 0 Å². The fourth-order valence-corrected chi connectivity index (χ4v) is 2.82. The SMILES string of the molecule is CC(Cl)c1nnc(-c2ccccc2C(C)(C)C)s1. The highest BCUT2D eigenvalue weighted by atomic mass is 35.5. The summed E-state index contributed by atoms with van der Waals surface area (Å²) in [6, 6.07) is 8.36. The van der Waals surface area contributed by atoms with E-state index in [4.69, 9.17) is 11.6 Å². The van der Waals surface area contributed by atoms with Crippen LogP contribution in [0.2, 0.25) is 0 Å². The van der Waals surface area contributed by atoms with E-state index in [1.807, 2.05) is 13.0 Å². The molecule has 0 aliphatic carbocycles. The largest absolute Gasteiger partial charge is 0.148 e. The van der Waals surface area contributed by atoms with Crippen LogP contribution < -0.4 is 0 Å². The van der Waals surface area contributed by atoms with Crippen LogP contribution in [-0.4, -0.2) is 10.2 Å². The summed E-state index contributed by atoms with van der Waals surface area (Å²) in [5, 5.41) is 10.2. The summed E-state index contributed by atoms with van der Waals surface area (Å²) in [6.45, 7) is 8.54. The van der Waals surface area contributed by atoms with Gasteiger partial charge in [-0.25, -0.2) is 0 Å². The zero-order valence-corrected chi connectivity index (χ0v) is 12.6. The van der Waals surface area contributed by atoms with E-state index < -0.39 is 0 Å². The number of hydrogen-bond acceptors (Lipinski definition) is 3. The molecular formula is C14H17ClN2S. The molecule has 96 valence electrons. The van der Waals surface area contributed by atoms with E-state index >= 15 is 0 Å². The molecule has 0 aliphatic heterocycles. The summed E-state index contributed by atoms with van der Waals surface area (Å²) >= 11 is 7.61. The lowest BCUT2D eigenvalue weighted by Crippen LogP contribution is -2.12. The molecular weight excluding hydrogens is 264 g/mol. The van der Waals surface area contributed by atoms with Crippen molar-refractivity contribution >= 4 is 22.9 Å². The van der Waals surface area contributed by atoms with E-state index in [1.54, 1.807) is 11.3 Å². The number of hydrogen-bond donors (Lipinski definition) is 0. The first-order chi connectivity index (χ1) is 8.39. The molecule has 1 atom stereocenters. The van der Waals surface area contributed by atoms with Crippen LogP contribution in [0, 0.1) is 0 Å². The highest BCUT2D eigenvalue weighted by molar-refractivity contribution is 7.15. The third-order valence-corrected chi connectivity index (χ3v) is 4.22. The maximum atomic E-state index is 6.04. The van der Waals surface area contributed by atoms with E-state index in [0.29, 0.717) is 0 Å². The Kier molecular flexibility index (Phi) is 3.74. The molecule has 0 fully saturated rings. The standard InChI is InChI=1S/C14H17ClN2S/c1-9(15)12-16-17-13(18-12)10-7-5-6-8-11(10)14(2,3)4/h5-9H,1-4H3. The van der Waals surface area contributed by atoms with Crippen LogP contribution in [0.15, 0.2) is 24.3 Å². The molecule has 0 spiro atoms. The van der Waals surface area contributed by atoms with E-state index in [9.17, 15) is 0 Å². The molecule has 0 aliphatic rings. The lowest BCUT2D eigenvalue weighted by molar-refractivity contribution is 0.592. The Labute approximate surface area is 117 Å². The summed E-state index contributed by atoms with van der Waals surface area (Å²) < 4.78 is 0. The second kappa shape index (κ2) is 4.98. The fourth-order valence-electron chi connectivity index (χ4n) is 1.83. The van der Waals surface area contributed by atoms with Crippen molar-refractivity contribution in [2.45, 2.75) is 38.5 Å². The summed E-state index contributed by atoms with van der Waals surface area (Å²) in [4.78, 5) is 0. The Morgan fingerprint density at radius 3 is 2.39 bits per heavy atom. The van der Waals surface area contributed by atoms with Gasteiger partial charge >= 0.3 is 0 Å². The van der Waals surface area contributed by atoms with E-state index in [-0.39, 0.29) is 10.8 Å². The minimum atomic E-state index is -0.0851. The highest BCUT2D eigenvalue weighted by Gasteiger charge is 2.20. The monoisotopic (exact) mass is 280 g/mol. The second-order valence-corrected chi connectivity index (χ2v) is 7.02. The molecule has 0 saturated heterocycles. The van der Waals surface area contributed by atoms with Crippen LogP contribution in [0.3, 0.4) is 0 Å². The van der Waals surface area contributed by atoms with E-state index in [2.05, 4.69) is 49.2 Å². The van der Waals surface area contributed by atoms with Gasteiger partial charge in [0, 0.05) is 5.56 Å². The highest BCUT2D eigenvalue weighted by Crippen LogP contribution is 2.35. The minimum absolute atomic E-state index is 0.0851.